The van der Waals surface area contributed by atoms with Gasteiger partial charge in [-0.25, -0.2) is 8.42 Å². The molecule has 0 bridgehead atoms. The predicted molar refractivity (Wildman–Crippen MR) is 111 cm³/mol. The molecule has 0 radical (unpaired) electrons. The molecule has 2 aromatic heterocycles. The largest absolute Gasteiger partial charge is 0.497 e. The molecule has 0 aliphatic heterocycles. The van der Waals surface area contributed by atoms with Crippen LogP contribution in [0.15, 0.2) is 84.1 Å². The first-order valence-electron chi connectivity index (χ1n) is 8.78. The highest BCUT2D eigenvalue weighted by molar-refractivity contribution is 7.92. The Morgan fingerprint density at radius 3 is 2.45 bits per heavy atom. The summed E-state index contributed by atoms with van der Waals surface area (Å²) in [6, 6.07) is 17.1. The Morgan fingerprint density at radius 2 is 1.72 bits per heavy atom. The van der Waals surface area contributed by atoms with Crippen LogP contribution in [0.2, 0.25) is 0 Å². The quantitative estimate of drug-likeness (QED) is 0.505. The molecule has 0 aliphatic carbocycles. The van der Waals surface area contributed by atoms with Crippen molar-refractivity contribution in [1.82, 2.24) is 15.2 Å². The average molecular weight is 406 g/mol. The summed E-state index contributed by atoms with van der Waals surface area (Å²) in [5.41, 5.74) is 3.83. The van der Waals surface area contributed by atoms with Gasteiger partial charge >= 0.3 is 0 Å². The molecule has 2 heterocycles. The fraction of sp³-hybridized carbons (Fsp3) is 0.0476. The van der Waals surface area contributed by atoms with Gasteiger partial charge in [-0.3, -0.25) is 14.8 Å². The van der Waals surface area contributed by atoms with Crippen LogP contribution < -0.4 is 9.46 Å². The molecule has 146 valence electrons. The summed E-state index contributed by atoms with van der Waals surface area (Å²) in [4.78, 5) is 4.19. The van der Waals surface area contributed by atoms with Crippen molar-refractivity contribution in [2.45, 2.75) is 4.90 Å². The Labute approximate surface area is 168 Å². The maximum Gasteiger partial charge on any atom is 0.261 e. The molecule has 0 fully saturated rings. The van der Waals surface area contributed by atoms with Crippen LogP contribution in [-0.2, 0) is 10.0 Å². The summed E-state index contributed by atoms with van der Waals surface area (Å²) >= 11 is 0. The maximum absolute atomic E-state index is 12.7. The van der Waals surface area contributed by atoms with Gasteiger partial charge in [0.25, 0.3) is 10.0 Å². The van der Waals surface area contributed by atoms with E-state index in [1.807, 2.05) is 18.2 Å². The second-order valence-corrected chi connectivity index (χ2v) is 7.93. The Balaban J connectivity index is 1.64. The zero-order valence-electron chi connectivity index (χ0n) is 15.5. The van der Waals surface area contributed by atoms with E-state index in [4.69, 9.17) is 4.74 Å². The van der Waals surface area contributed by atoms with E-state index in [1.165, 1.54) is 19.2 Å². The van der Waals surface area contributed by atoms with Crippen molar-refractivity contribution in [3.05, 3.63) is 79.3 Å². The first-order chi connectivity index (χ1) is 14.1. The third kappa shape index (κ3) is 3.97. The van der Waals surface area contributed by atoms with Gasteiger partial charge in [0.05, 0.1) is 17.7 Å². The monoisotopic (exact) mass is 406 g/mol. The number of sulfonamides is 1. The molecule has 4 aromatic rings. The van der Waals surface area contributed by atoms with Crippen LogP contribution in [0.3, 0.4) is 0 Å². The van der Waals surface area contributed by atoms with E-state index in [2.05, 4.69) is 19.9 Å². The maximum atomic E-state index is 12.7. The van der Waals surface area contributed by atoms with Crippen LogP contribution in [-0.4, -0.2) is 30.7 Å². The second kappa shape index (κ2) is 7.76. The van der Waals surface area contributed by atoms with Crippen molar-refractivity contribution in [1.29, 1.82) is 0 Å². The Morgan fingerprint density at radius 1 is 0.966 bits per heavy atom. The minimum absolute atomic E-state index is 0.154. The number of rotatable bonds is 6. The number of pyridine rings is 1. The molecule has 0 atom stereocenters. The molecule has 4 rings (SSSR count). The summed E-state index contributed by atoms with van der Waals surface area (Å²) in [7, 11) is -2.20. The van der Waals surface area contributed by atoms with Crippen molar-refractivity contribution in [2.75, 3.05) is 11.8 Å². The van der Waals surface area contributed by atoms with Crippen LogP contribution in [0.25, 0.3) is 22.4 Å². The van der Waals surface area contributed by atoms with Gasteiger partial charge in [-0.05, 0) is 54.1 Å². The molecule has 0 unspecified atom stereocenters. The van der Waals surface area contributed by atoms with Gasteiger partial charge in [-0.2, -0.15) is 5.10 Å². The molecule has 2 aromatic carbocycles. The van der Waals surface area contributed by atoms with E-state index >= 15 is 0 Å². The minimum atomic E-state index is -3.73. The SMILES string of the molecule is COc1ccc(S(=O)(=O)Nc2cccc(-c3n[nH]cc3-c3ccncc3)c2)cc1. The number of H-pyrrole nitrogens is 1. The highest BCUT2D eigenvalue weighted by atomic mass is 32.2. The summed E-state index contributed by atoms with van der Waals surface area (Å²) < 4.78 is 33.1. The van der Waals surface area contributed by atoms with E-state index < -0.39 is 10.0 Å². The predicted octanol–water partition coefficient (Wildman–Crippen LogP) is 3.95. The third-order valence-corrected chi connectivity index (χ3v) is 5.79. The molecule has 0 amide bonds. The van der Waals surface area contributed by atoms with Gasteiger partial charge in [-0.1, -0.05) is 12.1 Å². The lowest BCUT2D eigenvalue weighted by atomic mass is 10.0. The van der Waals surface area contributed by atoms with Gasteiger partial charge in [0, 0.05) is 35.4 Å². The molecule has 8 heteroatoms. The summed E-state index contributed by atoms with van der Waals surface area (Å²) in [5.74, 6) is 0.591. The normalized spacial score (nSPS) is 11.2. The highest BCUT2D eigenvalue weighted by Gasteiger charge is 2.16. The number of anilines is 1. The topological polar surface area (TPSA) is 97.0 Å². The van der Waals surface area contributed by atoms with Crippen molar-refractivity contribution < 1.29 is 13.2 Å². The minimum Gasteiger partial charge on any atom is -0.497 e. The van der Waals surface area contributed by atoms with Crippen LogP contribution >= 0.6 is 0 Å². The van der Waals surface area contributed by atoms with E-state index in [1.54, 1.807) is 48.9 Å². The first-order valence-corrected chi connectivity index (χ1v) is 10.3. The van der Waals surface area contributed by atoms with Crippen LogP contribution in [0.5, 0.6) is 5.75 Å². The van der Waals surface area contributed by atoms with Gasteiger partial charge in [-0.15, -0.1) is 0 Å². The Hall–Kier alpha value is -3.65. The van der Waals surface area contributed by atoms with Gasteiger partial charge < -0.3 is 4.74 Å². The molecule has 29 heavy (non-hydrogen) atoms. The van der Waals surface area contributed by atoms with Crippen molar-refractivity contribution in [2.24, 2.45) is 0 Å². The fourth-order valence-electron chi connectivity index (χ4n) is 2.96. The molecule has 0 aliphatic rings. The van der Waals surface area contributed by atoms with E-state index in [0.717, 1.165) is 22.4 Å². The number of ether oxygens (including phenoxy) is 1. The number of aromatic nitrogens is 3. The van der Waals surface area contributed by atoms with Crippen LogP contribution in [0.1, 0.15) is 0 Å². The van der Waals surface area contributed by atoms with Crippen molar-refractivity contribution in [3.63, 3.8) is 0 Å². The van der Waals surface area contributed by atoms with E-state index in [0.29, 0.717) is 11.4 Å². The number of nitrogens with one attached hydrogen (secondary N) is 2. The zero-order valence-corrected chi connectivity index (χ0v) is 16.3. The van der Waals surface area contributed by atoms with Gasteiger partial charge in [0.2, 0.25) is 0 Å². The number of hydrogen-bond donors (Lipinski definition) is 2. The number of methoxy groups -OCH3 is 1. The molecule has 0 saturated heterocycles. The van der Waals surface area contributed by atoms with Crippen LogP contribution in [0.4, 0.5) is 5.69 Å². The fourth-order valence-corrected chi connectivity index (χ4v) is 4.01. The number of benzene rings is 2. The molecule has 7 nitrogen and oxygen atoms in total. The summed E-state index contributed by atoms with van der Waals surface area (Å²) in [6.45, 7) is 0. The van der Waals surface area contributed by atoms with E-state index in [9.17, 15) is 8.42 Å². The first kappa shape index (κ1) is 18.7. The molecular weight excluding hydrogens is 388 g/mol. The Bertz CT molecular complexity index is 1220. The summed E-state index contributed by atoms with van der Waals surface area (Å²) in [6.07, 6.45) is 5.23. The lowest BCUT2D eigenvalue weighted by Crippen LogP contribution is -2.12. The van der Waals surface area contributed by atoms with Crippen molar-refractivity contribution in [3.8, 4) is 28.1 Å². The molecule has 0 saturated carbocycles. The second-order valence-electron chi connectivity index (χ2n) is 6.25. The summed E-state index contributed by atoms with van der Waals surface area (Å²) in [5, 5.41) is 7.22. The van der Waals surface area contributed by atoms with Gasteiger partial charge in [0.15, 0.2) is 0 Å². The van der Waals surface area contributed by atoms with Gasteiger partial charge in [0.1, 0.15) is 5.75 Å². The molecule has 2 N–H and O–H groups in total. The number of aromatic amines is 1. The standard InChI is InChI=1S/C21H18N4O3S/c1-28-18-5-7-19(8-6-18)29(26,27)25-17-4-2-3-16(13-17)21-20(14-23-24-21)15-9-11-22-12-10-15/h2-14,25H,1H3,(H,23,24). The lowest BCUT2D eigenvalue weighted by molar-refractivity contribution is 0.414. The smallest absolute Gasteiger partial charge is 0.261 e. The Kier molecular flexibility index (Phi) is 5.01. The van der Waals surface area contributed by atoms with E-state index in [-0.39, 0.29) is 4.90 Å². The molecular formula is C21H18N4O3S. The average Bonchev–Trinajstić information content (AvgIpc) is 3.24. The lowest BCUT2D eigenvalue weighted by Gasteiger charge is -2.10. The number of hydrogen-bond acceptors (Lipinski definition) is 5. The van der Waals surface area contributed by atoms with Crippen molar-refractivity contribution >= 4 is 15.7 Å². The zero-order chi connectivity index (χ0) is 20.3. The van der Waals surface area contributed by atoms with Crippen LogP contribution in [0, 0.1) is 0 Å². The highest BCUT2D eigenvalue weighted by Crippen LogP contribution is 2.31. The molecule has 0 spiro atoms. The third-order valence-electron chi connectivity index (χ3n) is 4.39. The number of nitrogens with zero attached hydrogens (tertiary/aromatic N) is 2.